The number of hydrogen-bond donors (Lipinski definition) is 1. The molecule has 2 aromatic rings. The van der Waals surface area contributed by atoms with Gasteiger partial charge in [0, 0.05) is 11.8 Å². The van der Waals surface area contributed by atoms with Gasteiger partial charge in [-0.25, -0.2) is 0 Å². The first-order valence-electron chi connectivity index (χ1n) is 7.73. The molecule has 2 heterocycles. The fourth-order valence-electron chi connectivity index (χ4n) is 2.67. The quantitative estimate of drug-likeness (QED) is 0.907. The van der Waals surface area contributed by atoms with E-state index in [1.807, 2.05) is 31.0 Å². The third kappa shape index (κ3) is 3.24. The number of ether oxygens (including phenoxy) is 1. The number of carbonyl (C=O) groups is 1. The van der Waals surface area contributed by atoms with Gasteiger partial charge in [-0.3, -0.25) is 9.80 Å². The summed E-state index contributed by atoms with van der Waals surface area (Å²) >= 11 is 0. The molecule has 0 bridgehead atoms. The molecule has 1 aliphatic rings. The maximum Gasteiger partial charge on any atom is 0.255 e. The standard InChI is InChI=1S/C17H20N4O3/c1-11-15(12(2)24-20-11)10-21-9-13(8-18-21)19-17(22)14-6-4-5-7-16(14)23-3/h4-8,13H,9-10H2,1-3H3,(H,19,22). The predicted molar refractivity (Wildman–Crippen MR) is 89.1 cm³/mol. The molecule has 3 rings (SSSR count). The first kappa shape index (κ1) is 16.0. The van der Waals surface area contributed by atoms with Gasteiger partial charge >= 0.3 is 0 Å². The molecule has 0 spiro atoms. The highest BCUT2D eigenvalue weighted by molar-refractivity contribution is 5.98. The van der Waals surface area contributed by atoms with Gasteiger partial charge in [0.15, 0.2) is 0 Å². The van der Waals surface area contributed by atoms with E-state index in [0.717, 1.165) is 17.0 Å². The van der Waals surface area contributed by atoms with Crippen LogP contribution in [0.4, 0.5) is 0 Å². The second kappa shape index (κ2) is 6.74. The molecule has 0 fully saturated rings. The Bertz CT molecular complexity index is 749. The van der Waals surface area contributed by atoms with Crippen molar-refractivity contribution in [1.29, 1.82) is 0 Å². The van der Waals surface area contributed by atoms with Gasteiger partial charge in [-0.1, -0.05) is 17.3 Å². The summed E-state index contributed by atoms with van der Waals surface area (Å²) in [6.45, 7) is 5.01. The third-order valence-corrected chi connectivity index (χ3v) is 4.01. The predicted octanol–water partition coefficient (Wildman–Crippen LogP) is 1.90. The summed E-state index contributed by atoms with van der Waals surface area (Å²) in [6.07, 6.45) is 1.74. The molecule has 0 saturated heterocycles. The van der Waals surface area contributed by atoms with E-state index in [2.05, 4.69) is 15.6 Å². The summed E-state index contributed by atoms with van der Waals surface area (Å²) in [5.41, 5.74) is 2.41. The minimum Gasteiger partial charge on any atom is -0.496 e. The molecule has 1 N–H and O–H groups in total. The number of amides is 1. The molecule has 24 heavy (non-hydrogen) atoms. The molecule has 0 aliphatic carbocycles. The topological polar surface area (TPSA) is 80.0 Å². The van der Waals surface area contributed by atoms with Crippen LogP contribution in [-0.2, 0) is 6.54 Å². The van der Waals surface area contributed by atoms with Crippen LogP contribution in [-0.4, -0.2) is 42.0 Å². The Balaban J connectivity index is 1.61. The Morgan fingerprint density at radius 1 is 1.42 bits per heavy atom. The first-order valence-corrected chi connectivity index (χ1v) is 7.73. The van der Waals surface area contributed by atoms with Crippen LogP contribution in [0.3, 0.4) is 0 Å². The van der Waals surface area contributed by atoms with Crippen molar-refractivity contribution in [1.82, 2.24) is 15.5 Å². The average molecular weight is 328 g/mol. The molecular weight excluding hydrogens is 308 g/mol. The molecule has 1 aromatic carbocycles. The second-order valence-corrected chi connectivity index (χ2v) is 5.69. The van der Waals surface area contributed by atoms with Crippen molar-refractivity contribution < 1.29 is 14.1 Å². The zero-order chi connectivity index (χ0) is 17.1. The van der Waals surface area contributed by atoms with Gasteiger partial charge in [0.1, 0.15) is 11.5 Å². The van der Waals surface area contributed by atoms with E-state index in [-0.39, 0.29) is 11.9 Å². The van der Waals surface area contributed by atoms with Gasteiger partial charge in [-0.2, -0.15) is 5.10 Å². The molecular formula is C17H20N4O3. The number of para-hydroxylation sites is 1. The van der Waals surface area contributed by atoms with E-state index < -0.39 is 0 Å². The highest BCUT2D eigenvalue weighted by atomic mass is 16.5. The second-order valence-electron chi connectivity index (χ2n) is 5.69. The molecule has 1 atom stereocenters. The summed E-state index contributed by atoms with van der Waals surface area (Å²) in [7, 11) is 1.55. The maximum atomic E-state index is 12.4. The SMILES string of the molecule is COc1ccccc1C(=O)NC1C=NN(Cc2c(C)noc2C)C1. The number of methoxy groups -OCH3 is 1. The number of aromatic nitrogens is 1. The zero-order valence-electron chi connectivity index (χ0n) is 13.9. The smallest absolute Gasteiger partial charge is 0.255 e. The number of aryl methyl sites for hydroxylation is 2. The third-order valence-electron chi connectivity index (χ3n) is 4.01. The van der Waals surface area contributed by atoms with Crippen LogP contribution in [0.15, 0.2) is 33.9 Å². The number of rotatable bonds is 5. The number of hydrazone groups is 1. The minimum atomic E-state index is -0.178. The minimum absolute atomic E-state index is 0.150. The highest BCUT2D eigenvalue weighted by Gasteiger charge is 2.23. The summed E-state index contributed by atoms with van der Waals surface area (Å²) < 4.78 is 10.4. The molecule has 1 aromatic heterocycles. The van der Waals surface area contributed by atoms with Gasteiger partial charge in [0.25, 0.3) is 5.91 Å². The van der Waals surface area contributed by atoms with Crippen LogP contribution in [0, 0.1) is 13.8 Å². The number of benzene rings is 1. The fourth-order valence-corrected chi connectivity index (χ4v) is 2.67. The van der Waals surface area contributed by atoms with E-state index in [9.17, 15) is 4.79 Å². The van der Waals surface area contributed by atoms with Crippen LogP contribution in [0.2, 0.25) is 0 Å². The van der Waals surface area contributed by atoms with Crippen LogP contribution in [0.1, 0.15) is 27.4 Å². The number of carbonyl (C=O) groups excluding carboxylic acids is 1. The molecule has 126 valence electrons. The zero-order valence-corrected chi connectivity index (χ0v) is 13.9. The molecule has 0 saturated carbocycles. The van der Waals surface area contributed by atoms with E-state index in [1.165, 1.54) is 0 Å². The normalized spacial score (nSPS) is 16.5. The molecule has 1 aliphatic heterocycles. The Kier molecular flexibility index (Phi) is 4.50. The van der Waals surface area contributed by atoms with E-state index in [4.69, 9.17) is 9.26 Å². The summed E-state index contributed by atoms with van der Waals surface area (Å²) in [6, 6.07) is 6.99. The van der Waals surface area contributed by atoms with E-state index >= 15 is 0 Å². The van der Waals surface area contributed by atoms with E-state index in [0.29, 0.717) is 24.4 Å². The Morgan fingerprint density at radius 3 is 2.92 bits per heavy atom. The Hall–Kier alpha value is -2.83. The molecule has 0 radical (unpaired) electrons. The molecule has 7 nitrogen and oxygen atoms in total. The van der Waals surface area contributed by atoms with Crippen molar-refractivity contribution in [2.75, 3.05) is 13.7 Å². The van der Waals surface area contributed by atoms with Crippen molar-refractivity contribution >= 4 is 12.1 Å². The highest BCUT2D eigenvalue weighted by Crippen LogP contribution is 2.19. The van der Waals surface area contributed by atoms with Crippen molar-refractivity contribution in [3.8, 4) is 5.75 Å². The van der Waals surface area contributed by atoms with Crippen molar-refractivity contribution in [2.24, 2.45) is 5.10 Å². The monoisotopic (exact) mass is 328 g/mol. The summed E-state index contributed by atoms with van der Waals surface area (Å²) in [4.78, 5) is 12.4. The lowest BCUT2D eigenvalue weighted by atomic mass is 10.1. The van der Waals surface area contributed by atoms with Crippen molar-refractivity contribution in [3.05, 3.63) is 46.8 Å². The first-order chi connectivity index (χ1) is 11.6. The number of hydrogen-bond acceptors (Lipinski definition) is 6. The van der Waals surface area contributed by atoms with Crippen LogP contribution >= 0.6 is 0 Å². The van der Waals surface area contributed by atoms with Gasteiger partial charge in [-0.05, 0) is 26.0 Å². The number of nitrogens with zero attached hydrogens (tertiary/aromatic N) is 3. The molecule has 1 amide bonds. The number of nitrogens with one attached hydrogen (secondary N) is 1. The lowest BCUT2D eigenvalue weighted by Gasteiger charge is -2.17. The van der Waals surface area contributed by atoms with Crippen LogP contribution in [0.5, 0.6) is 5.75 Å². The van der Waals surface area contributed by atoms with Gasteiger partial charge in [0.05, 0.1) is 37.5 Å². The lowest BCUT2D eigenvalue weighted by Crippen LogP contribution is -2.39. The summed E-state index contributed by atoms with van der Waals surface area (Å²) in [5, 5.41) is 13.2. The van der Waals surface area contributed by atoms with Gasteiger partial charge in [-0.15, -0.1) is 0 Å². The Morgan fingerprint density at radius 2 is 2.21 bits per heavy atom. The molecule has 7 heteroatoms. The Labute approximate surface area is 140 Å². The van der Waals surface area contributed by atoms with Crippen LogP contribution < -0.4 is 10.1 Å². The van der Waals surface area contributed by atoms with Crippen LogP contribution in [0.25, 0.3) is 0 Å². The summed E-state index contributed by atoms with van der Waals surface area (Å²) in [5.74, 6) is 1.17. The maximum absolute atomic E-state index is 12.4. The lowest BCUT2D eigenvalue weighted by molar-refractivity contribution is 0.0940. The van der Waals surface area contributed by atoms with E-state index in [1.54, 1.807) is 25.5 Å². The fraction of sp³-hybridized carbons (Fsp3) is 0.353. The average Bonchev–Trinajstić information content (AvgIpc) is 3.16. The largest absolute Gasteiger partial charge is 0.496 e. The van der Waals surface area contributed by atoms with Gasteiger partial charge in [0.2, 0.25) is 0 Å². The molecule has 1 unspecified atom stereocenters. The van der Waals surface area contributed by atoms with Gasteiger partial charge < -0.3 is 14.6 Å². The van der Waals surface area contributed by atoms with Crippen molar-refractivity contribution in [3.63, 3.8) is 0 Å². The van der Waals surface area contributed by atoms with Crippen molar-refractivity contribution in [2.45, 2.75) is 26.4 Å².